The summed E-state index contributed by atoms with van der Waals surface area (Å²) in [5, 5.41) is 0. The van der Waals surface area contributed by atoms with Gasteiger partial charge in [-0.25, -0.2) is 4.39 Å². The molecule has 0 aliphatic carbocycles. The van der Waals surface area contributed by atoms with Crippen LogP contribution < -0.4 is 9.47 Å². The van der Waals surface area contributed by atoms with E-state index in [0.29, 0.717) is 29.0 Å². The molecule has 3 aromatic carbocycles. The number of methoxy groups -OCH3 is 2. The van der Waals surface area contributed by atoms with E-state index >= 15 is 0 Å². The van der Waals surface area contributed by atoms with Crippen molar-refractivity contribution in [2.45, 2.75) is 18.6 Å². The van der Waals surface area contributed by atoms with E-state index in [0.717, 1.165) is 11.6 Å². The van der Waals surface area contributed by atoms with Gasteiger partial charge in [0.05, 0.1) is 31.4 Å². The lowest BCUT2D eigenvalue weighted by molar-refractivity contribution is -0.138. The molecule has 1 aliphatic heterocycles. The SMILES string of the molecule is COc1cc2c(cc1OC)C(c1ccc(F)cc1)N(C(=O)c1ccccc1C(F)(F)F)CC2. The number of carbonyl (C=O) groups is 1. The Morgan fingerprint density at radius 3 is 2.24 bits per heavy atom. The standard InChI is InChI=1S/C25H21F4NO3/c1-32-21-13-16-11-12-30(24(31)18-5-3-4-6-20(18)25(27,28)29)23(19(16)14-22(21)33-2)15-7-9-17(26)10-8-15/h3-10,13-14,23H,11-12H2,1-2H3. The third-order valence-electron chi connectivity index (χ3n) is 5.78. The van der Waals surface area contributed by atoms with E-state index in [1.165, 1.54) is 61.6 Å². The molecule has 0 fully saturated rings. The zero-order valence-electron chi connectivity index (χ0n) is 17.9. The molecule has 33 heavy (non-hydrogen) atoms. The average molecular weight is 459 g/mol. The molecule has 0 saturated carbocycles. The van der Waals surface area contributed by atoms with Gasteiger partial charge in [0.25, 0.3) is 5.91 Å². The van der Waals surface area contributed by atoms with Crippen molar-refractivity contribution in [3.63, 3.8) is 0 Å². The van der Waals surface area contributed by atoms with E-state index in [1.54, 1.807) is 12.1 Å². The molecular weight excluding hydrogens is 438 g/mol. The molecule has 8 heteroatoms. The normalized spacial score (nSPS) is 15.7. The zero-order chi connectivity index (χ0) is 23.8. The number of amides is 1. The number of hydrogen-bond donors (Lipinski definition) is 0. The van der Waals surface area contributed by atoms with E-state index in [9.17, 15) is 22.4 Å². The summed E-state index contributed by atoms with van der Waals surface area (Å²) in [5.41, 5.74) is 0.702. The van der Waals surface area contributed by atoms with Crippen LogP contribution in [0, 0.1) is 5.82 Å². The summed E-state index contributed by atoms with van der Waals surface area (Å²) in [6.45, 7) is 0.176. The molecule has 0 radical (unpaired) electrons. The fourth-order valence-electron chi connectivity index (χ4n) is 4.24. The molecule has 1 atom stereocenters. The third-order valence-corrected chi connectivity index (χ3v) is 5.78. The Morgan fingerprint density at radius 1 is 0.970 bits per heavy atom. The Bertz CT molecular complexity index is 1180. The summed E-state index contributed by atoms with van der Waals surface area (Å²) in [4.78, 5) is 14.9. The number of hydrogen-bond acceptors (Lipinski definition) is 3. The van der Waals surface area contributed by atoms with Crippen molar-refractivity contribution < 1.29 is 31.8 Å². The van der Waals surface area contributed by atoms with Crippen LogP contribution in [0.3, 0.4) is 0 Å². The molecule has 1 amide bonds. The van der Waals surface area contributed by atoms with Crippen molar-refractivity contribution >= 4 is 5.91 Å². The molecule has 1 aliphatic rings. The van der Waals surface area contributed by atoms with Gasteiger partial charge in [0.15, 0.2) is 11.5 Å². The highest BCUT2D eigenvalue weighted by Crippen LogP contribution is 2.42. The Balaban J connectivity index is 1.87. The molecule has 0 spiro atoms. The van der Waals surface area contributed by atoms with Crippen molar-refractivity contribution in [1.82, 2.24) is 4.90 Å². The molecule has 1 unspecified atom stereocenters. The number of benzene rings is 3. The largest absolute Gasteiger partial charge is 0.493 e. The maximum atomic E-state index is 13.6. The average Bonchev–Trinajstić information content (AvgIpc) is 2.82. The number of fused-ring (bicyclic) bond motifs is 1. The lowest BCUT2D eigenvalue weighted by Gasteiger charge is -2.38. The number of alkyl halides is 3. The molecule has 3 aromatic rings. The molecule has 0 aromatic heterocycles. The van der Waals surface area contributed by atoms with Crippen LogP contribution in [0.4, 0.5) is 17.6 Å². The second kappa shape index (κ2) is 8.77. The van der Waals surface area contributed by atoms with Gasteiger partial charge >= 0.3 is 6.18 Å². The van der Waals surface area contributed by atoms with Gasteiger partial charge in [-0.15, -0.1) is 0 Å². The molecule has 4 nitrogen and oxygen atoms in total. The summed E-state index contributed by atoms with van der Waals surface area (Å²) >= 11 is 0. The molecule has 4 rings (SSSR count). The third kappa shape index (κ3) is 4.25. The number of rotatable bonds is 4. The first-order valence-electron chi connectivity index (χ1n) is 10.2. The van der Waals surface area contributed by atoms with Gasteiger partial charge in [-0.2, -0.15) is 13.2 Å². The van der Waals surface area contributed by atoms with Gasteiger partial charge in [0.2, 0.25) is 0 Å². The minimum Gasteiger partial charge on any atom is -0.493 e. The lowest BCUT2D eigenvalue weighted by atomic mass is 9.87. The molecule has 172 valence electrons. The molecule has 1 heterocycles. The second-order valence-electron chi connectivity index (χ2n) is 7.65. The van der Waals surface area contributed by atoms with Crippen LogP contribution in [0.2, 0.25) is 0 Å². The van der Waals surface area contributed by atoms with Gasteiger partial charge in [-0.3, -0.25) is 4.79 Å². The molecule has 0 bridgehead atoms. The maximum Gasteiger partial charge on any atom is 0.417 e. The predicted molar refractivity (Wildman–Crippen MR) is 114 cm³/mol. The van der Waals surface area contributed by atoms with E-state index < -0.39 is 35.1 Å². The highest BCUT2D eigenvalue weighted by Gasteiger charge is 2.39. The number of halogens is 4. The summed E-state index contributed by atoms with van der Waals surface area (Å²) in [7, 11) is 2.98. The van der Waals surface area contributed by atoms with Crippen molar-refractivity contribution in [2.24, 2.45) is 0 Å². The molecule has 0 saturated heterocycles. The van der Waals surface area contributed by atoms with Crippen LogP contribution in [0.1, 0.15) is 38.7 Å². The van der Waals surface area contributed by atoms with Gasteiger partial charge in [0.1, 0.15) is 5.82 Å². The van der Waals surface area contributed by atoms with E-state index in [4.69, 9.17) is 9.47 Å². The van der Waals surface area contributed by atoms with Gasteiger partial charge in [-0.1, -0.05) is 24.3 Å². The smallest absolute Gasteiger partial charge is 0.417 e. The van der Waals surface area contributed by atoms with Crippen LogP contribution in [-0.4, -0.2) is 31.6 Å². The quantitative estimate of drug-likeness (QED) is 0.474. The minimum atomic E-state index is -4.68. The highest BCUT2D eigenvalue weighted by molar-refractivity contribution is 5.96. The summed E-state index contributed by atoms with van der Waals surface area (Å²) in [6, 6.07) is 13.1. The van der Waals surface area contributed by atoms with E-state index in [1.807, 2.05) is 0 Å². The van der Waals surface area contributed by atoms with Crippen molar-refractivity contribution in [1.29, 1.82) is 0 Å². The highest BCUT2D eigenvalue weighted by atomic mass is 19.4. The maximum absolute atomic E-state index is 13.6. The van der Waals surface area contributed by atoms with Crippen molar-refractivity contribution in [3.8, 4) is 11.5 Å². The molecular formula is C25H21F4NO3. The lowest BCUT2D eigenvalue weighted by Crippen LogP contribution is -2.41. The van der Waals surface area contributed by atoms with Gasteiger partial charge in [0, 0.05) is 6.54 Å². The summed E-state index contributed by atoms with van der Waals surface area (Å²) in [6.07, 6.45) is -4.27. The Morgan fingerprint density at radius 2 is 1.61 bits per heavy atom. The minimum absolute atomic E-state index is 0.176. The van der Waals surface area contributed by atoms with Crippen LogP contribution in [-0.2, 0) is 12.6 Å². The van der Waals surface area contributed by atoms with Crippen molar-refractivity contribution in [3.05, 3.63) is 94.3 Å². The van der Waals surface area contributed by atoms with E-state index in [2.05, 4.69) is 0 Å². The number of ether oxygens (including phenoxy) is 2. The first kappa shape index (κ1) is 22.6. The topological polar surface area (TPSA) is 38.8 Å². The number of nitrogens with zero attached hydrogens (tertiary/aromatic N) is 1. The Labute approximate surface area is 188 Å². The molecule has 0 N–H and O–H groups in total. The monoisotopic (exact) mass is 459 g/mol. The number of carbonyl (C=O) groups excluding carboxylic acids is 1. The summed E-state index contributed by atoms with van der Waals surface area (Å²) < 4.78 is 65.3. The fourth-order valence-corrected chi connectivity index (χ4v) is 4.24. The van der Waals surface area contributed by atoms with Gasteiger partial charge < -0.3 is 14.4 Å². The van der Waals surface area contributed by atoms with Crippen LogP contribution >= 0.6 is 0 Å². The van der Waals surface area contributed by atoms with Crippen molar-refractivity contribution in [2.75, 3.05) is 20.8 Å². The summed E-state index contributed by atoms with van der Waals surface area (Å²) in [5.74, 6) is -0.273. The van der Waals surface area contributed by atoms with Gasteiger partial charge in [-0.05, 0) is 59.5 Å². The zero-order valence-corrected chi connectivity index (χ0v) is 17.9. The van der Waals surface area contributed by atoms with Crippen LogP contribution in [0.15, 0.2) is 60.7 Å². The first-order chi connectivity index (χ1) is 15.7. The van der Waals surface area contributed by atoms with E-state index in [-0.39, 0.29) is 6.54 Å². The first-order valence-corrected chi connectivity index (χ1v) is 10.2. The predicted octanol–water partition coefficient (Wildman–Crippen LogP) is 5.65. The second-order valence-corrected chi connectivity index (χ2v) is 7.65. The Hall–Kier alpha value is -3.55. The Kier molecular flexibility index (Phi) is 6.01. The fraction of sp³-hybridized carbons (Fsp3) is 0.240. The van der Waals surface area contributed by atoms with Crippen LogP contribution in [0.5, 0.6) is 11.5 Å². The van der Waals surface area contributed by atoms with Crippen LogP contribution in [0.25, 0.3) is 0 Å².